The standard InChI is InChI=1S/C34H47N7O5/c1-22(45-33(2,3)4)37-26(18-20-44-27-15-10-11-19-43-27)25-14-12-13-23(38-25)16-17-24-29-28(36-21-40(29)8)31(39-30(24)35)41(9)32(42)46-34(5,6)7/h12-14,21,26-27,37H,1,10-11,15,18-20H2,2-9H3,(H2,35,39)/t26-,27?/m0/s1. The second-order valence-electron chi connectivity index (χ2n) is 13.3. The second-order valence-corrected chi connectivity index (χ2v) is 13.3. The van der Waals surface area contributed by atoms with Crippen molar-refractivity contribution in [2.45, 2.75) is 90.8 Å². The normalized spacial score (nSPS) is 15.9. The number of ether oxygens (including phenoxy) is 4. The van der Waals surface area contributed by atoms with Gasteiger partial charge in [-0.1, -0.05) is 12.0 Å². The van der Waals surface area contributed by atoms with Gasteiger partial charge < -0.3 is 34.6 Å². The molecule has 1 aliphatic heterocycles. The third kappa shape index (κ3) is 9.34. The van der Waals surface area contributed by atoms with Gasteiger partial charge >= 0.3 is 6.09 Å². The zero-order valence-corrected chi connectivity index (χ0v) is 28.3. The number of anilines is 2. The van der Waals surface area contributed by atoms with E-state index in [4.69, 9.17) is 29.7 Å². The molecule has 12 heteroatoms. The van der Waals surface area contributed by atoms with Gasteiger partial charge in [-0.15, -0.1) is 0 Å². The van der Waals surface area contributed by atoms with Crippen molar-refractivity contribution in [2.24, 2.45) is 7.05 Å². The fourth-order valence-electron chi connectivity index (χ4n) is 4.90. The zero-order chi connectivity index (χ0) is 33.6. The molecule has 3 aromatic rings. The Kier molecular flexibility index (Phi) is 10.8. The predicted molar refractivity (Wildman–Crippen MR) is 178 cm³/mol. The Hall–Kier alpha value is -4.34. The Bertz CT molecular complexity index is 1600. The van der Waals surface area contributed by atoms with E-state index in [1.165, 1.54) is 4.90 Å². The highest BCUT2D eigenvalue weighted by Gasteiger charge is 2.26. The fraction of sp³-hybridized carbons (Fsp3) is 0.529. The molecular formula is C34H47N7O5. The summed E-state index contributed by atoms with van der Waals surface area (Å²) in [6.07, 6.45) is 4.53. The van der Waals surface area contributed by atoms with Crippen molar-refractivity contribution in [3.63, 3.8) is 0 Å². The van der Waals surface area contributed by atoms with Crippen LogP contribution in [0.3, 0.4) is 0 Å². The Labute approximate surface area is 271 Å². The SMILES string of the molecule is C=C(N[C@@H](CCOC1CCCCO1)c1cccc(C#Cc2c(N)nc(N(C)C(=O)OC(C)(C)C)c3ncn(C)c23)n1)OC(C)(C)C. The molecule has 12 nitrogen and oxygen atoms in total. The van der Waals surface area contributed by atoms with Crippen LogP contribution in [-0.4, -0.2) is 63.4 Å². The van der Waals surface area contributed by atoms with Gasteiger partial charge in [-0.25, -0.2) is 19.7 Å². The van der Waals surface area contributed by atoms with Gasteiger partial charge in [0.2, 0.25) is 0 Å². The molecular weight excluding hydrogens is 586 g/mol. The Morgan fingerprint density at radius 2 is 1.91 bits per heavy atom. The van der Waals surface area contributed by atoms with Gasteiger partial charge in [-0.05, 0) is 91.9 Å². The van der Waals surface area contributed by atoms with Crippen molar-refractivity contribution >= 4 is 28.8 Å². The van der Waals surface area contributed by atoms with Crippen LogP contribution >= 0.6 is 0 Å². The van der Waals surface area contributed by atoms with Gasteiger partial charge in [-0.2, -0.15) is 0 Å². The van der Waals surface area contributed by atoms with E-state index in [2.05, 4.69) is 33.7 Å². The Balaban J connectivity index is 1.61. The third-order valence-corrected chi connectivity index (χ3v) is 6.91. The first kappa shape index (κ1) is 34.5. The van der Waals surface area contributed by atoms with Crippen LogP contribution in [0.25, 0.3) is 11.0 Å². The van der Waals surface area contributed by atoms with Crippen molar-refractivity contribution in [3.05, 3.63) is 53.9 Å². The lowest BCUT2D eigenvalue weighted by Gasteiger charge is -2.28. The fourth-order valence-corrected chi connectivity index (χ4v) is 4.90. The van der Waals surface area contributed by atoms with Crippen LogP contribution in [0.4, 0.5) is 16.4 Å². The summed E-state index contributed by atoms with van der Waals surface area (Å²) in [6.45, 7) is 16.6. The number of aromatic nitrogens is 4. The first-order valence-corrected chi connectivity index (χ1v) is 15.5. The largest absolute Gasteiger partial charge is 0.474 e. The van der Waals surface area contributed by atoms with E-state index < -0.39 is 17.3 Å². The minimum absolute atomic E-state index is 0.155. The number of imidazole rings is 1. The van der Waals surface area contributed by atoms with Gasteiger partial charge in [0.25, 0.3) is 0 Å². The lowest BCUT2D eigenvalue weighted by molar-refractivity contribution is -0.163. The molecule has 3 N–H and O–H groups in total. The van der Waals surface area contributed by atoms with Crippen LogP contribution in [0.5, 0.6) is 0 Å². The summed E-state index contributed by atoms with van der Waals surface area (Å²) in [6, 6.07) is 5.41. The van der Waals surface area contributed by atoms with Gasteiger partial charge in [0.1, 0.15) is 28.2 Å². The molecule has 4 heterocycles. The van der Waals surface area contributed by atoms with Crippen molar-refractivity contribution in [3.8, 4) is 11.8 Å². The average molecular weight is 634 g/mol. The second kappa shape index (κ2) is 14.4. The van der Waals surface area contributed by atoms with Crippen molar-refractivity contribution < 1.29 is 23.7 Å². The molecule has 4 rings (SSSR count). The number of hydrogen-bond acceptors (Lipinski definition) is 10. The number of carbonyl (C=O) groups is 1. The van der Waals surface area contributed by atoms with Crippen LogP contribution in [0.15, 0.2) is 37.0 Å². The molecule has 46 heavy (non-hydrogen) atoms. The molecule has 3 aromatic heterocycles. The molecule has 248 valence electrons. The third-order valence-electron chi connectivity index (χ3n) is 6.91. The number of carbonyl (C=O) groups excluding carboxylic acids is 1. The molecule has 0 spiro atoms. The molecule has 0 aliphatic carbocycles. The number of pyridine rings is 2. The summed E-state index contributed by atoms with van der Waals surface area (Å²) >= 11 is 0. The summed E-state index contributed by atoms with van der Waals surface area (Å²) in [7, 11) is 3.41. The number of nitrogens with one attached hydrogen (secondary N) is 1. The van der Waals surface area contributed by atoms with Crippen LogP contribution < -0.4 is 16.0 Å². The van der Waals surface area contributed by atoms with Gasteiger partial charge in [0, 0.05) is 20.7 Å². The van der Waals surface area contributed by atoms with Gasteiger partial charge in [0.15, 0.2) is 18.0 Å². The molecule has 1 fully saturated rings. The maximum atomic E-state index is 12.8. The molecule has 2 atom stereocenters. The Morgan fingerprint density at radius 1 is 1.17 bits per heavy atom. The molecule has 0 aromatic carbocycles. The molecule has 0 bridgehead atoms. The van der Waals surface area contributed by atoms with Crippen LogP contribution in [0.2, 0.25) is 0 Å². The summed E-state index contributed by atoms with van der Waals surface area (Å²) < 4.78 is 25.0. The first-order chi connectivity index (χ1) is 21.6. The summed E-state index contributed by atoms with van der Waals surface area (Å²) in [5.41, 5.74) is 8.22. The number of rotatable bonds is 9. The monoisotopic (exact) mass is 633 g/mol. The maximum Gasteiger partial charge on any atom is 0.415 e. The minimum Gasteiger partial charge on any atom is -0.474 e. The molecule has 0 radical (unpaired) electrons. The number of amides is 1. The Morgan fingerprint density at radius 3 is 2.59 bits per heavy atom. The van der Waals surface area contributed by atoms with Crippen molar-refractivity contribution in [1.82, 2.24) is 24.8 Å². The van der Waals surface area contributed by atoms with Crippen LogP contribution in [0, 0.1) is 11.8 Å². The first-order valence-electron chi connectivity index (χ1n) is 15.5. The van der Waals surface area contributed by atoms with E-state index in [0.29, 0.717) is 41.2 Å². The van der Waals surface area contributed by atoms with Crippen LogP contribution in [-0.2, 0) is 26.0 Å². The van der Waals surface area contributed by atoms with Crippen molar-refractivity contribution in [1.29, 1.82) is 0 Å². The zero-order valence-electron chi connectivity index (χ0n) is 28.3. The van der Waals surface area contributed by atoms with E-state index in [-0.39, 0.29) is 24.0 Å². The summed E-state index contributed by atoms with van der Waals surface area (Å²) in [5, 5.41) is 3.37. The number of nitrogen functional groups attached to an aromatic ring is 1. The van der Waals surface area contributed by atoms with E-state index in [0.717, 1.165) is 31.6 Å². The minimum atomic E-state index is -0.675. The van der Waals surface area contributed by atoms with Crippen LogP contribution in [0.1, 0.15) is 90.2 Å². The van der Waals surface area contributed by atoms with E-state index in [9.17, 15) is 4.79 Å². The summed E-state index contributed by atoms with van der Waals surface area (Å²) in [4.78, 5) is 28.0. The topological polar surface area (TPSA) is 139 Å². The van der Waals surface area contributed by atoms with E-state index >= 15 is 0 Å². The quantitative estimate of drug-likeness (QED) is 0.227. The summed E-state index contributed by atoms with van der Waals surface area (Å²) in [5.74, 6) is 7.18. The number of nitrogens with two attached hydrogens (primary N) is 1. The number of hydrogen-bond donors (Lipinski definition) is 2. The highest BCUT2D eigenvalue weighted by atomic mass is 16.7. The lowest BCUT2D eigenvalue weighted by Crippen LogP contribution is -2.34. The van der Waals surface area contributed by atoms with Crippen molar-refractivity contribution in [2.75, 3.05) is 30.9 Å². The van der Waals surface area contributed by atoms with Gasteiger partial charge in [0.05, 0.1) is 35.8 Å². The average Bonchev–Trinajstić information content (AvgIpc) is 3.35. The van der Waals surface area contributed by atoms with Gasteiger partial charge in [-0.3, -0.25) is 4.90 Å². The molecule has 0 saturated carbocycles. The number of fused-ring (bicyclic) bond motifs is 1. The molecule has 1 amide bonds. The molecule has 1 saturated heterocycles. The number of nitrogens with zero attached hydrogens (tertiary/aromatic N) is 5. The molecule has 1 unspecified atom stereocenters. The van der Waals surface area contributed by atoms with E-state index in [1.54, 1.807) is 38.7 Å². The highest BCUT2D eigenvalue weighted by molar-refractivity contribution is 6.00. The number of aryl methyl sites for hydroxylation is 1. The predicted octanol–water partition coefficient (Wildman–Crippen LogP) is 5.57. The maximum absolute atomic E-state index is 12.8. The lowest BCUT2D eigenvalue weighted by atomic mass is 10.1. The smallest absolute Gasteiger partial charge is 0.415 e. The van der Waals surface area contributed by atoms with E-state index in [1.807, 2.05) is 46.0 Å². The highest BCUT2D eigenvalue weighted by Crippen LogP contribution is 2.30. The molecule has 1 aliphatic rings.